The van der Waals surface area contributed by atoms with E-state index in [1.165, 1.54) is 31.9 Å². The molecule has 6 nitrogen and oxygen atoms in total. The van der Waals surface area contributed by atoms with Crippen LogP contribution in [0.3, 0.4) is 0 Å². The molecule has 0 N–H and O–H groups in total. The summed E-state index contributed by atoms with van der Waals surface area (Å²) in [5.74, 6) is -0.117. The zero-order chi connectivity index (χ0) is 16.2. The molecule has 2 aliphatic heterocycles. The van der Waals surface area contributed by atoms with Gasteiger partial charge in [-0.3, -0.25) is 0 Å². The van der Waals surface area contributed by atoms with Crippen molar-refractivity contribution in [3.05, 3.63) is 23.9 Å². The standard InChI is InChI=1S/C17H22N2O4/c1-12-10-14(17(21)22-12)23-16(20)13-6-7-15(18-11-13)19-8-4-2-3-5-9-19/h6-7,11-12,14H,2-5,8-10H2,1H3. The van der Waals surface area contributed by atoms with Crippen molar-refractivity contribution in [1.82, 2.24) is 4.98 Å². The maximum atomic E-state index is 12.1. The summed E-state index contributed by atoms with van der Waals surface area (Å²) in [7, 11) is 0. The van der Waals surface area contributed by atoms with E-state index in [1.54, 1.807) is 13.0 Å². The fourth-order valence-corrected chi connectivity index (χ4v) is 3.01. The Kier molecular flexibility index (Phi) is 4.79. The number of pyridine rings is 1. The number of cyclic esters (lactones) is 1. The highest BCUT2D eigenvalue weighted by Crippen LogP contribution is 2.20. The van der Waals surface area contributed by atoms with Gasteiger partial charge in [0.05, 0.1) is 5.56 Å². The number of carbonyl (C=O) groups excluding carboxylic acids is 2. The third-order valence-corrected chi connectivity index (χ3v) is 4.29. The van der Waals surface area contributed by atoms with E-state index in [0.717, 1.165) is 18.9 Å². The van der Waals surface area contributed by atoms with Crippen LogP contribution in [0.1, 0.15) is 49.4 Å². The van der Waals surface area contributed by atoms with Crippen LogP contribution < -0.4 is 4.90 Å². The third-order valence-electron chi connectivity index (χ3n) is 4.29. The number of esters is 2. The Balaban J connectivity index is 1.62. The van der Waals surface area contributed by atoms with E-state index in [-0.39, 0.29) is 6.10 Å². The molecule has 3 rings (SSSR count). The van der Waals surface area contributed by atoms with Crippen molar-refractivity contribution in [1.29, 1.82) is 0 Å². The van der Waals surface area contributed by atoms with Crippen LogP contribution in [0.25, 0.3) is 0 Å². The van der Waals surface area contributed by atoms with Crippen LogP contribution in [-0.2, 0) is 14.3 Å². The minimum Gasteiger partial charge on any atom is -0.460 e. The predicted octanol–water partition coefficient (Wildman–Crippen LogP) is 2.32. The molecule has 6 heteroatoms. The number of anilines is 1. The lowest BCUT2D eigenvalue weighted by molar-refractivity contribution is -0.147. The van der Waals surface area contributed by atoms with Crippen molar-refractivity contribution in [2.45, 2.75) is 51.2 Å². The van der Waals surface area contributed by atoms with E-state index in [4.69, 9.17) is 9.47 Å². The van der Waals surface area contributed by atoms with Gasteiger partial charge in [-0.15, -0.1) is 0 Å². The number of ether oxygens (including phenoxy) is 2. The maximum Gasteiger partial charge on any atom is 0.347 e. The molecule has 0 radical (unpaired) electrons. The Morgan fingerprint density at radius 3 is 2.57 bits per heavy atom. The molecule has 0 spiro atoms. The average Bonchev–Trinajstić information content (AvgIpc) is 2.75. The van der Waals surface area contributed by atoms with Crippen molar-refractivity contribution < 1.29 is 19.1 Å². The number of carbonyl (C=O) groups is 2. The Morgan fingerprint density at radius 1 is 1.26 bits per heavy atom. The zero-order valence-electron chi connectivity index (χ0n) is 13.4. The highest BCUT2D eigenvalue weighted by molar-refractivity contribution is 5.91. The molecule has 23 heavy (non-hydrogen) atoms. The fourth-order valence-electron chi connectivity index (χ4n) is 3.01. The normalized spacial score (nSPS) is 24.9. The molecule has 0 amide bonds. The van der Waals surface area contributed by atoms with Gasteiger partial charge in [-0.2, -0.15) is 0 Å². The summed E-state index contributed by atoms with van der Waals surface area (Å²) >= 11 is 0. The minimum atomic E-state index is -0.803. The molecule has 3 heterocycles. The highest BCUT2D eigenvalue weighted by atomic mass is 16.6. The Labute approximate surface area is 135 Å². The van der Waals surface area contributed by atoms with Gasteiger partial charge in [0.25, 0.3) is 0 Å². The van der Waals surface area contributed by atoms with Crippen molar-refractivity contribution in [2.24, 2.45) is 0 Å². The zero-order valence-corrected chi connectivity index (χ0v) is 13.4. The van der Waals surface area contributed by atoms with E-state index < -0.39 is 18.0 Å². The molecular formula is C17H22N2O4. The van der Waals surface area contributed by atoms with Gasteiger partial charge in [0, 0.05) is 25.7 Å². The summed E-state index contributed by atoms with van der Waals surface area (Å²) < 4.78 is 10.2. The van der Waals surface area contributed by atoms with Gasteiger partial charge in [0.2, 0.25) is 6.10 Å². The quantitative estimate of drug-likeness (QED) is 0.797. The van der Waals surface area contributed by atoms with E-state index in [2.05, 4.69) is 9.88 Å². The number of rotatable bonds is 3. The van der Waals surface area contributed by atoms with Crippen molar-refractivity contribution >= 4 is 17.8 Å². The molecule has 1 aromatic rings. The van der Waals surface area contributed by atoms with E-state index in [9.17, 15) is 9.59 Å². The number of hydrogen-bond acceptors (Lipinski definition) is 6. The summed E-state index contributed by atoms with van der Waals surface area (Å²) in [6.07, 6.45) is 5.79. The topological polar surface area (TPSA) is 68.7 Å². The average molecular weight is 318 g/mol. The second-order valence-corrected chi connectivity index (χ2v) is 6.18. The highest BCUT2D eigenvalue weighted by Gasteiger charge is 2.35. The summed E-state index contributed by atoms with van der Waals surface area (Å²) in [4.78, 5) is 30.3. The lowest BCUT2D eigenvalue weighted by Gasteiger charge is -2.21. The van der Waals surface area contributed by atoms with Crippen molar-refractivity contribution in [2.75, 3.05) is 18.0 Å². The lowest BCUT2D eigenvalue weighted by Crippen LogP contribution is -2.25. The molecule has 2 fully saturated rings. The summed E-state index contributed by atoms with van der Waals surface area (Å²) in [5, 5.41) is 0. The first-order valence-electron chi connectivity index (χ1n) is 8.26. The molecule has 0 aromatic carbocycles. The van der Waals surface area contributed by atoms with Crippen molar-refractivity contribution in [3.8, 4) is 0 Å². The van der Waals surface area contributed by atoms with Gasteiger partial charge in [-0.1, -0.05) is 12.8 Å². The van der Waals surface area contributed by atoms with E-state index in [1.807, 2.05) is 6.07 Å². The summed E-state index contributed by atoms with van der Waals surface area (Å²) in [6, 6.07) is 3.55. The Hall–Kier alpha value is -2.11. The number of aromatic nitrogens is 1. The number of nitrogens with zero attached hydrogens (tertiary/aromatic N) is 2. The van der Waals surface area contributed by atoms with Crippen LogP contribution in [0.15, 0.2) is 18.3 Å². The van der Waals surface area contributed by atoms with Gasteiger partial charge in [-0.05, 0) is 31.9 Å². The van der Waals surface area contributed by atoms with Crippen LogP contribution in [0.4, 0.5) is 5.82 Å². The molecule has 0 saturated carbocycles. The number of hydrogen-bond donors (Lipinski definition) is 0. The van der Waals surface area contributed by atoms with Gasteiger partial charge in [-0.25, -0.2) is 14.6 Å². The fraction of sp³-hybridized carbons (Fsp3) is 0.588. The van der Waals surface area contributed by atoms with Crippen LogP contribution in [0, 0.1) is 0 Å². The third kappa shape index (κ3) is 3.81. The second kappa shape index (κ2) is 6.98. The van der Waals surface area contributed by atoms with Crippen molar-refractivity contribution in [3.63, 3.8) is 0 Å². The van der Waals surface area contributed by atoms with Crippen LogP contribution in [0.5, 0.6) is 0 Å². The summed E-state index contributed by atoms with van der Waals surface area (Å²) in [5.41, 5.74) is 0.357. The maximum absolute atomic E-state index is 12.1. The molecule has 2 unspecified atom stereocenters. The van der Waals surface area contributed by atoms with Crippen LogP contribution in [-0.4, -0.2) is 42.2 Å². The van der Waals surface area contributed by atoms with Crippen LogP contribution in [0.2, 0.25) is 0 Å². The first-order valence-corrected chi connectivity index (χ1v) is 8.26. The molecule has 0 bridgehead atoms. The monoisotopic (exact) mass is 318 g/mol. The van der Waals surface area contributed by atoms with Crippen LogP contribution >= 0.6 is 0 Å². The summed E-state index contributed by atoms with van der Waals surface area (Å²) in [6.45, 7) is 3.79. The second-order valence-electron chi connectivity index (χ2n) is 6.18. The van der Waals surface area contributed by atoms with Gasteiger partial charge in [0.1, 0.15) is 11.9 Å². The molecule has 2 atom stereocenters. The first-order chi connectivity index (χ1) is 11.1. The largest absolute Gasteiger partial charge is 0.460 e. The molecule has 0 aliphatic carbocycles. The van der Waals surface area contributed by atoms with Gasteiger partial charge in [0.15, 0.2) is 0 Å². The first kappa shape index (κ1) is 15.8. The molecular weight excluding hydrogens is 296 g/mol. The van der Waals surface area contributed by atoms with Gasteiger partial charge >= 0.3 is 11.9 Å². The van der Waals surface area contributed by atoms with E-state index >= 15 is 0 Å². The molecule has 2 aliphatic rings. The smallest absolute Gasteiger partial charge is 0.347 e. The Morgan fingerprint density at radius 2 is 2.00 bits per heavy atom. The van der Waals surface area contributed by atoms with E-state index in [0.29, 0.717) is 12.0 Å². The van der Waals surface area contributed by atoms with Gasteiger partial charge < -0.3 is 14.4 Å². The molecule has 1 aromatic heterocycles. The molecule has 2 saturated heterocycles. The SMILES string of the molecule is CC1CC(OC(=O)c2ccc(N3CCCCCC3)nc2)C(=O)O1. The minimum absolute atomic E-state index is 0.205. The molecule has 124 valence electrons. The lowest BCUT2D eigenvalue weighted by atomic mass is 10.2. The Bertz CT molecular complexity index is 564. The predicted molar refractivity (Wildman–Crippen MR) is 84.3 cm³/mol.